The van der Waals surface area contributed by atoms with Gasteiger partial charge < -0.3 is 11.1 Å². The molecular weight excluding hydrogens is 274 g/mol. The van der Waals surface area contributed by atoms with Gasteiger partial charge >= 0.3 is 0 Å². The molecule has 116 valence electrons. The predicted molar refractivity (Wildman–Crippen MR) is 77.5 cm³/mol. The number of amides is 1. The van der Waals surface area contributed by atoms with Crippen LogP contribution in [-0.4, -0.2) is 18.0 Å². The van der Waals surface area contributed by atoms with Crippen LogP contribution in [0.4, 0.5) is 8.78 Å². The first-order valence-electron chi connectivity index (χ1n) is 7.05. The maximum Gasteiger partial charge on any atom is 0.224 e. The van der Waals surface area contributed by atoms with Crippen molar-refractivity contribution in [3.05, 3.63) is 35.4 Å². The molecule has 0 atom stereocenters. The fourth-order valence-corrected chi connectivity index (χ4v) is 3.60. The molecule has 3 nitrogen and oxygen atoms in total. The SMILES string of the molecule is CC1(C)C(N)C(C)(C)C1NC(=O)Cc1ccc(F)cc1F. The number of nitrogens with two attached hydrogens (primary N) is 1. The minimum Gasteiger partial charge on any atom is -0.352 e. The lowest BCUT2D eigenvalue weighted by Gasteiger charge is -2.62. The van der Waals surface area contributed by atoms with E-state index in [1.165, 1.54) is 6.07 Å². The summed E-state index contributed by atoms with van der Waals surface area (Å²) in [5.74, 6) is -1.63. The number of halogens is 2. The van der Waals surface area contributed by atoms with Crippen molar-refractivity contribution in [2.75, 3.05) is 0 Å². The Hall–Kier alpha value is -1.49. The van der Waals surface area contributed by atoms with Gasteiger partial charge in [-0.15, -0.1) is 0 Å². The molecule has 1 aliphatic rings. The molecular formula is C16H22F2N2O. The zero-order valence-corrected chi connectivity index (χ0v) is 12.8. The van der Waals surface area contributed by atoms with Crippen LogP contribution in [0.2, 0.25) is 0 Å². The first kappa shape index (κ1) is 15.9. The van der Waals surface area contributed by atoms with Gasteiger partial charge in [-0.3, -0.25) is 4.79 Å². The first-order chi connectivity index (χ1) is 9.56. The van der Waals surface area contributed by atoms with Crippen molar-refractivity contribution in [1.29, 1.82) is 0 Å². The monoisotopic (exact) mass is 296 g/mol. The zero-order valence-electron chi connectivity index (χ0n) is 12.8. The molecule has 3 N–H and O–H groups in total. The van der Waals surface area contributed by atoms with Gasteiger partial charge in [0.25, 0.3) is 0 Å². The summed E-state index contributed by atoms with van der Waals surface area (Å²) < 4.78 is 26.4. The van der Waals surface area contributed by atoms with Gasteiger partial charge in [-0.05, 0) is 11.6 Å². The predicted octanol–water partition coefficient (Wildman–Crippen LogP) is 2.39. The molecule has 0 aromatic heterocycles. The number of carbonyl (C=O) groups is 1. The second kappa shape index (κ2) is 5.05. The molecule has 1 amide bonds. The molecule has 2 rings (SSSR count). The molecule has 1 aromatic rings. The van der Waals surface area contributed by atoms with Crippen LogP contribution >= 0.6 is 0 Å². The van der Waals surface area contributed by atoms with E-state index < -0.39 is 11.6 Å². The quantitative estimate of drug-likeness (QED) is 0.900. The zero-order chi connectivity index (χ0) is 16.0. The Morgan fingerprint density at radius 2 is 1.81 bits per heavy atom. The van der Waals surface area contributed by atoms with Crippen molar-refractivity contribution in [3.8, 4) is 0 Å². The summed E-state index contributed by atoms with van der Waals surface area (Å²) in [6.45, 7) is 8.03. The van der Waals surface area contributed by atoms with E-state index in [1.807, 2.05) is 27.7 Å². The minimum atomic E-state index is -0.700. The van der Waals surface area contributed by atoms with E-state index in [0.29, 0.717) is 0 Å². The maximum atomic E-state index is 13.6. The lowest BCUT2D eigenvalue weighted by Crippen LogP contribution is -2.76. The summed E-state index contributed by atoms with van der Waals surface area (Å²) in [4.78, 5) is 12.1. The smallest absolute Gasteiger partial charge is 0.224 e. The highest BCUT2D eigenvalue weighted by Gasteiger charge is 2.60. The van der Waals surface area contributed by atoms with Crippen molar-refractivity contribution in [1.82, 2.24) is 5.32 Å². The molecule has 21 heavy (non-hydrogen) atoms. The van der Waals surface area contributed by atoms with Gasteiger partial charge in [0, 0.05) is 29.0 Å². The third-order valence-corrected chi connectivity index (χ3v) is 4.76. The van der Waals surface area contributed by atoms with Crippen molar-refractivity contribution < 1.29 is 13.6 Å². The largest absolute Gasteiger partial charge is 0.352 e. The van der Waals surface area contributed by atoms with E-state index in [1.54, 1.807) is 0 Å². The highest BCUT2D eigenvalue weighted by atomic mass is 19.1. The third-order valence-electron chi connectivity index (χ3n) is 4.76. The number of hydrogen-bond donors (Lipinski definition) is 2. The molecule has 1 saturated carbocycles. The van der Waals surface area contributed by atoms with E-state index in [4.69, 9.17) is 5.73 Å². The van der Waals surface area contributed by atoms with Crippen LogP contribution in [0, 0.1) is 22.5 Å². The van der Waals surface area contributed by atoms with Crippen molar-refractivity contribution in [3.63, 3.8) is 0 Å². The summed E-state index contributed by atoms with van der Waals surface area (Å²) in [7, 11) is 0. The van der Waals surface area contributed by atoms with Gasteiger partial charge in [-0.1, -0.05) is 33.8 Å². The average Bonchev–Trinajstić information content (AvgIpc) is 2.38. The lowest BCUT2D eigenvalue weighted by molar-refractivity contribution is -0.131. The topological polar surface area (TPSA) is 55.1 Å². The Kier molecular flexibility index (Phi) is 3.82. The molecule has 0 radical (unpaired) electrons. The number of nitrogens with one attached hydrogen (secondary N) is 1. The van der Waals surface area contributed by atoms with Crippen molar-refractivity contribution in [2.24, 2.45) is 16.6 Å². The van der Waals surface area contributed by atoms with Gasteiger partial charge in [0.2, 0.25) is 5.91 Å². The van der Waals surface area contributed by atoms with E-state index in [2.05, 4.69) is 5.32 Å². The second-order valence-corrected chi connectivity index (χ2v) is 7.03. The molecule has 0 unspecified atom stereocenters. The average molecular weight is 296 g/mol. The molecule has 0 heterocycles. The number of benzene rings is 1. The highest BCUT2D eigenvalue weighted by molar-refractivity contribution is 5.79. The Morgan fingerprint density at radius 1 is 1.24 bits per heavy atom. The van der Waals surface area contributed by atoms with Gasteiger partial charge in [0.1, 0.15) is 11.6 Å². The van der Waals surface area contributed by atoms with Crippen LogP contribution in [0.5, 0.6) is 0 Å². The third kappa shape index (κ3) is 2.67. The van der Waals surface area contributed by atoms with E-state index in [9.17, 15) is 13.6 Å². The highest BCUT2D eigenvalue weighted by Crippen LogP contribution is 2.52. The normalized spacial score (nSPS) is 26.0. The Labute approximate surface area is 123 Å². The fourth-order valence-electron chi connectivity index (χ4n) is 3.60. The van der Waals surface area contributed by atoms with Crippen LogP contribution in [0.15, 0.2) is 18.2 Å². The van der Waals surface area contributed by atoms with E-state index >= 15 is 0 Å². The van der Waals surface area contributed by atoms with Gasteiger partial charge in [0.05, 0.1) is 6.42 Å². The first-order valence-corrected chi connectivity index (χ1v) is 7.05. The van der Waals surface area contributed by atoms with Crippen molar-refractivity contribution >= 4 is 5.91 Å². The molecule has 5 heteroatoms. The standard InChI is InChI=1S/C16H22F2N2O/c1-15(2)13(19)16(3,4)14(15)20-12(21)7-9-5-6-10(17)8-11(9)18/h5-6,8,13-14H,7,19H2,1-4H3,(H,20,21). The lowest BCUT2D eigenvalue weighted by atomic mass is 9.48. The van der Waals surface area contributed by atoms with Gasteiger partial charge in [-0.2, -0.15) is 0 Å². The van der Waals surface area contributed by atoms with E-state index in [-0.39, 0.29) is 40.8 Å². The van der Waals surface area contributed by atoms with Crippen LogP contribution in [-0.2, 0) is 11.2 Å². The summed E-state index contributed by atoms with van der Waals surface area (Å²) in [6.07, 6.45) is -0.107. The Balaban J connectivity index is 2.06. The van der Waals surface area contributed by atoms with Crippen LogP contribution in [0.1, 0.15) is 33.3 Å². The Bertz CT molecular complexity index is 553. The van der Waals surface area contributed by atoms with Gasteiger partial charge in [-0.25, -0.2) is 8.78 Å². The molecule has 1 aliphatic carbocycles. The molecule has 1 fully saturated rings. The Morgan fingerprint density at radius 3 is 2.33 bits per heavy atom. The molecule has 0 saturated heterocycles. The van der Waals surface area contributed by atoms with Crippen LogP contribution in [0.25, 0.3) is 0 Å². The van der Waals surface area contributed by atoms with Crippen molar-refractivity contribution in [2.45, 2.75) is 46.2 Å². The molecule has 0 spiro atoms. The summed E-state index contributed by atoms with van der Waals surface area (Å²) >= 11 is 0. The number of carbonyl (C=O) groups excluding carboxylic acids is 1. The minimum absolute atomic E-state index is 0.0159. The number of hydrogen-bond acceptors (Lipinski definition) is 2. The molecule has 1 aromatic carbocycles. The summed E-state index contributed by atoms with van der Waals surface area (Å²) in [5, 5.41) is 2.94. The second-order valence-electron chi connectivity index (χ2n) is 7.03. The number of rotatable bonds is 3. The summed E-state index contributed by atoms with van der Waals surface area (Å²) in [6, 6.07) is 3.15. The maximum absolute atomic E-state index is 13.6. The molecule has 0 aliphatic heterocycles. The molecule has 0 bridgehead atoms. The van der Waals surface area contributed by atoms with E-state index in [0.717, 1.165) is 12.1 Å². The fraction of sp³-hybridized carbons (Fsp3) is 0.562. The van der Waals surface area contributed by atoms with Crippen LogP contribution < -0.4 is 11.1 Å². The van der Waals surface area contributed by atoms with Crippen LogP contribution in [0.3, 0.4) is 0 Å². The van der Waals surface area contributed by atoms with Gasteiger partial charge in [0.15, 0.2) is 0 Å². The summed E-state index contributed by atoms with van der Waals surface area (Å²) in [5.41, 5.74) is 5.91.